The standard InChI is InChI=1S/C15H20N4O2S.ClH/c1-16-10-6-12-18-13-7-2-3-8-14(13)19(22(18,20)21)15-9-4-5-11-17-15;/h2-5,7-9,11,16,20-21H,6,10,12H2,1H3;1H. The normalized spacial score (nSPS) is 16.7. The van der Waals surface area contributed by atoms with Gasteiger partial charge in [0.05, 0.1) is 11.4 Å². The molecule has 6 nitrogen and oxygen atoms in total. The Morgan fingerprint density at radius 3 is 2.43 bits per heavy atom. The summed E-state index contributed by atoms with van der Waals surface area (Å²) in [5.41, 5.74) is 1.59. The molecule has 3 rings (SSSR count). The lowest BCUT2D eigenvalue weighted by Gasteiger charge is -2.43. The van der Waals surface area contributed by atoms with E-state index in [1.165, 1.54) is 4.31 Å². The summed E-state index contributed by atoms with van der Waals surface area (Å²) in [5, 5.41) is 3.08. The summed E-state index contributed by atoms with van der Waals surface area (Å²) < 4.78 is 24.8. The van der Waals surface area contributed by atoms with Crippen LogP contribution in [0.2, 0.25) is 0 Å². The van der Waals surface area contributed by atoms with E-state index in [9.17, 15) is 9.11 Å². The molecule has 1 aliphatic heterocycles. The zero-order valence-electron chi connectivity index (χ0n) is 12.8. The Morgan fingerprint density at radius 2 is 1.78 bits per heavy atom. The van der Waals surface area contributed by atoms with Crippen molar-refractivity contribution in [1.82, 2.24) is 10.3 Å². The summed E-state index contributed by atoms with van der Waals surface area (Å²) in [5.74, 6) is 0.533. The van der Waals surface area contributed by atoms with Crippen LogP contribution in [0, 0.1) is 0 Å². The second-order valence-electron chi connectivity index (χ2n) is 5.02. The van der Waals surface area contributed by atoms with E-state index in [0.717, 1.165) is 24.3 Å². The largest absolute Gasteiger partial charge is 0.320 e. The van der Waals surface area contributed by atoms with Gasteiger partial charge in [0, 0.05) is 12.7 Å². The van der Waals surface area contributed by atoms with Crippen LogP contribution >= 0.6 is 23.4 Å². The van der Waals surface area contributed by atoms with Crippen LogP contribution in [-0.2, 0) is 0 Å². The molecule has 0 saturated carbocycles. The number of nitrogens with zero attached hydrogens (tertiary/aromatic N) is 3. The molecule has 1 aromatic heterocycles. The number of hydrogen-bond donors (Lipinski definition) is 3. The van der Waals surface area contributed by atoms with E-state index in [1.54, 1.807) is 16.6 Å². The van der Waals surface area contributed by atoms with E-state index in [1.807, 2.05) is 43.4 Å². The zero-order valence-corrected chi connectivity index (χ0v) is 14.4. The number of anilines is 3. The molecule has 8 heteroatoms. The van der Waals surface area contributed by atoms with Gasteiger partial charge in [-0.1, -0.05) is 18.2 Å². The molecular weight excluding hydrogens is 336 g/mol. The van der Waals surface area contributed by atoms with Gasteiger partial charge in [0.15, 0.2) is 5.82 Å². The topological polar surface area (TPSA) is 71.9 Å². The van der Waals surface area contributed by atoms with Gasteiger partial charge in [-0.05, 0) is 55.2 Å². The van der Waals surface area contributed by atoms with Gasteiger partial charge in [0.1, 0.15) is 0 Å². The van der Waals surface area contributed by atoms with Crippen LogP contribution in [0.25, 0.3) is 0 Å². The lowest BCUT2D eigenvalue weighted by Crippen LogP contribution is -2.33. The first kappa shape index (κ1) is 17.8. The fraction of sp³-hybridized carbons (Fsp3) is 0.267. The first-order chi connectivity index (χ1) is 10.7. The van der Waals surface area contributed by atoms with Crippen LogP contribution in [0.15, 0.2) is 48.7 Å². The van der Waals surface area contributed by atoms with E-state index < -0.39 is 11.0 Å². The summed E-state index contributed by atoms with van der Waals surface area (Å²) in [6, 6.07) is 13.0. The lowest BCUT2D eigenvalue weighted by molar-refractivity contribution is 0.483. The molecule has 0 unspecified atom stereocenters. The van der Waals surface area contributed by atoms with Gasteiger partial charge in [-0.25, -0.2) is 9.29 Å². The summed E-state index contributed by atoms with van der Waals surface area (Å²) >= 11 is 0. The maximum atomic E-state index is 10.8. The van der Waals surface area contributed by atoms with Crippen molar-refractivity contribution in [2.24, 2.45) is 0 Å². The van der Waals surface area contributed by atoms with Crippen LogP contribution < -0.4 is 13.9 Å². The van der Waals surface area contributed by atoms with E-state index in [-0.39, 0.29) is 12.4 Å². The molecule has 0 spiro atoms. The van der Waals surface area contributed by atoms with Gasteiger partial charge in [-0.2, -0.15) is 0 Å². The van der Waals surface area contributed by atoms with Crippen molar-refractivity contribution in [1.29, 1.82) is 0 Å². The smallest absolute Gasteiger partial charge is 0.153 e. The molecule has 0 radical (unpaired) electrons. The predicted molar refractivity (Wildman–Crippen MR) is 98.8 cm³/mol. The monoisotopic (exact) mass is 356 g/mol. The van der Waals surface area contributed by atoms with Crippen LogP contribution in [0.3, 0.4) is 0 Å². The average Bonchev–Trinajstić information content (AvgIpc) is 2.75. The number of nitrogens with one attached hydrogen (secondary N) is 1. The summed E-state index contributed by atoms with van der Waals surface area (Å²) in [4.78, 5) is 4.27. The molecule has 3 N–H and O–H groups in total. The zero-order chi connectivity index (χ0) is 15.6. The van der Waals surface area contributed by atoms with Gasteiger partial charge in [0.2, 0.25) is 0 Å². The van der Waals surface area contributed by atoms with Crippen LogP contribution in [0.4, 0.5) is 17.2 Å². The molecule has 0 fully saturated rings. The molecule has 126 valence electrons. The minimum atomic E-state index is -3.14. The summed E-state index contributed by atoms with van der Waals surface area (Å²) in [7, 11) is -1.26. The highest BCUT2D eigenvalue weighted by Gasteiger charge is 2.41. The SMILES string of the molecule is CNCCCN1c2ccccc2N(c2ccccn2)S1(O)O.Cl. The molecule has 0 bridgehead atoms. The molecule has 23 heavy (non-hydrogen) atoms. The highest BCUT2D eigenvalue weighted by molar-refractivity contribution is 8.27. The van der Waals surface area contributed by atoms with Gasteiger partial charge in [-0.15, -0.1) is 12.4 Å². The maximum absolute atomic E-state index is 10.8. The second-order valence-corrected chi connectivity index (χ2v) is 6.81. The van der Waals surface area contributed by atoms with Gasteiger partial charge in [-0.3, -0.25) is 13.4 Å². The molecule has 0 aliphatic carbocycles. The summed E-state index contributed by atoms with van der Waals surface area (Å²) in [6.45, 7) is 1.38. The van der Waals surface area contributed by atoms with Crippen molar-refractivity contribution in [3.8, 4) is 0 Å². The molecule has 2 heterocycles. The van der Waals surface area contributed by atoms with Crippen molar-refractivity contribution in [2.75, 3.05) is 28.7 Å². The van der Waals surface area contributed by atoms with E-state index in [0.29, 0.717) is 12.4 Å². The average molecular weight is 357 g/mol. The predicted octanol–water partition coefficient (Wildman–Crippen LogP) is 3.65. The highest BCUT2D eigenvalue weighted by Crippen LogP contribution is 2.63. The first-order valence-electron chi connectivity index (χ1n) is 7.17. The maximum Gasteiger partial charge on any atom is 0.153 e. The van der Waals surface area contributed by atoms with Crippen molar-refractivity contribution in [3.05, 3.63) is 48.7 Å². The van der Waals surface area contributed by atoms with Crippen molar-refractivity contribution in [2.45, 2.75) is 6.42 Å². The molecular formula is C15H21ClN4O2S. The molecule has 0 saturated heterocycles. The number of benzene rings is 1. The Morgan fingerprint density at radius 1 is 1.09 bits per heavy atom. The minimum absolute atomic E-state index is 0. The summed E-state index contributed by atoms with van der Waals surface area (Å²) in [6.07, 6.45) is 2.47. The van der Waals surface area contributed by atoms with Crippen LogP contribution in [0.5, 0.6) is 0 Å². The van der Waals surface area contributed by atoms with E-state index in [4.69, 9.17) is 0 Å². The number of halogens is 1. The van der Waals surface area contributed by atoms with Crippen molar-refractivity contribution >= 4 is 40.6 Å². The third kappa shape index (κ3) is 3.24. The second kappa shape index (κ2) is 7.37. The molecule has 1 aromatic carbocycles. The number of para-hydroxylation sites is 2. The molecule has 0 amide bonds. The van der Waals surface area contributed by atoms with Crippen LogP contribution in [0.1, 0.15) is 6.42 Å². The van der Waals surface area contributed by atoms with Gasteiger partial charge >= 0.3 is 0 Å². The van der Waals surface area contributed by atoms with E-state index >= 15 is 0 Å². The number of rotatable bonds is 5. The Bertz CT molecular complexity index is 644. The molecule has 2 aromatic rings. The third-order valence-corrected chi connectivity index (χ3v) is 5.40. The Hall–Kier alpha value is -1.51. The van der Waals surface area contributed by atoms with Gasteiger partial charge in [0.25, 0.3) is 0 Å². The quantitative estimate of drug-likeness (QED) is 0.710. The number of hydrogen-bond acceptors (Lipinski definition) is 6. The van der Waals surface area contributed by atoms with Crippen molar-refractivity contribution in [3.63, 3.8) is 0 Å². The fourth-order valence-electron chi connectivity index (χ4n) is 2.57. The fourth-order valence-corrected chi connectivity index (χ4v) is 4.34. The Kier molecular flexibility index (Phi) is 5.72. The number of aromatic nitrogens is 1. The lowest BCUT2D eigenvalue weighted by atomic mass is 10.2. The van der Waals surface area contributed by atoms with E-state index in [2.05, 4.69) is 10.3 Å². The molecule has 0 atom stereocenters. The Balaban J connectivity index is 0.00000192. The highest BCUT2D eigenvalue weighted by atomic mass is 35.5. The first-order valence-corrected chi connectivity index (χ1v) is 8.63. The number of pyridine rings is 1. The van der Waals surface area contributed by atoms with Crippen molar-refractivity contribution < 1.29 is 9.11 Å². The third-order valence-electron chi connectivity index (χ3n) is 3.56. The Labute approximate surface area is 144 Å². The molecule has 1 aliphatic rings. The minimum Gasteiger partial charge on any atom is -0.320 e. The van der Waals surface area contributed by atoms with Gasteiger partial charge < -0.3 is 5.32 Å². The number of fused-ring (bicyclic) bond motifs is 1. The van der Waals surface area contributed by atoms with Crippen LogP contribution in [-0.4, -0.2) is 34.2 Å².